The van der Waals surface area contributed by atoms with Crippen molar-refractivity contribution in [3.05, 3.63) is 134 Å². The highest BCUT2D eigenvalue weighted by Gasteiger charge is 2.17. The molecule has 54 heavy (non-hydrogen) atoms. The van der Waals surface area contributed by atoms with E-state index in [9.17, 15) is 15.0 Å². The maximum atomic E-state index is 12.3. The molecule has 2 unspecified atom stereocenters. The average molecular weight is 742 g/mol. The maximum Gasteiger partial charge on any atom is 0.220 e. The van der Waals surface area contributed by atoms with Gasteiger partial charge in [0.25, 0.3) is 0 Å². The van der Waals surface area contributed by atoms with E-state index in [2.05, 4.69) is 141 Å². The van der Waals surface area contributed by atoms with Crippen LogP contribution in [0.15, 0.2) is 134 Å². The van der Waals surface area contributed by atoms with E-state index >= 15 is 0 Å². The minimum Gasteiger partial charge on any atom is -0.394 e. The summed E-state index contributed by atoms with van der Waals surface area (Å²) in [5.74, 6) is -0.115. The van der Waals surface area contributed by atoms with Gasteiger partial charge in [0.1, 0.15) is 0 Å². The molecule has 0 aromatic heterocycles. The average Bonchev–Trinajstić information content (AvgIpc) is 3.18. The molecule has 0 aliphatic heterocycles. The molecular weight excluding hydrogens is 663 g/mol. The Hall–Kier alpha value is -3.47. The molecule has 0 aliphatic rings. The summed E-state index contributed by atoms with van der Waals surface area (Å²) < 4.78 is 0. The number of hydrogen-bond acceptors (Lipinski definition) is 3. The number of allylic oxidation sites excluding steroid dienone is 21. The van der Waals surface area contributed by atoms with E-state index in [-0.39, 0.29) is 12.5 Å². The standard InChI is InChI=1S/C50H79NO3/c1-3-5-7-9-11-13-15-16-17-18-19-20-21-22-23-24-25-26-27-28-29-30-31-32-33-34-36-38-40-42-44-46-50(54)51-48(47-52)49(53)45-43-41-39-37-35-14-12-10-8-6-4-2/h5,7,11,13,16-17,19-20,22-23,25-26,28-29,31-32,34-37,43,45,48-49,52-53H,3-4,6,8-10,12,14-15,18,21,24,27,30,33,38-42,44,46-47H2,1-2H3,(H,51,54)/b7-5-,13-11-,17-16-,20-19-,23-22-,26-25-,29-28-,32-31-,36-34-,37-35+,45-43+. The van der Waals surface area contributed by atoms with Crippen LogP contribution >= 0.6 is 0 Å². The Morgan fingerprint density at radius 3 is 1.28 bits per heavy atom. The van der Waals surface area contributed by atoms with Gasteiger partial charge in [-0.15, -0.1) is 0 Å². The van der Waals surface area contributed by atoms with Crippen molar-refractivity contribution in [2.75, 3.05) is 6.61 Å². The predicted molar refractivity (Wildman–Crippen MR) is 238 cm³/mol. The maximum absolute atomic E-state index is 12.3. The molecule has 0 aromatic carbocycles. The molecule has 0 fully saturated rings. The van der Waals surface area contributed by atoms with Gasteiger partial charge in [0.15, 0.2) is 0 Å². The number of carbonyl (C=O) groups excluding carboxylic acids is 1. The van der Waals surface area contributed by atoms with Crippen LogP contribution in [-0.4, -0.2) is 34.9 Å². The fourth-order valence-electron chi connectivity index (χ4n) is 5.36. The van der Waals surface area contributed by atoms with Crippen molar-refractivity contribution in [2.45, 2.75) is 167 Å². The van der Waals surface area contributed by atoms with Crippen molar-refractivity contribution >= 4 is 5.91 Å². The van der Waals surface area contributed by atoms with Crippen LogP contribution in [0.1, 0.15) is 155 Å². The zero-order valence-electron chi connectivity index (χ0n) is 34.4. The largest absolute Gasteiger partial charge is 0.394 e. The van der Waals surface area contributed by atoms with E-state index in [0.29, 0.717) is 6.42 Å². The van der Waals surface area contributed by atoms with Crippen molar-refractivity contribution < 1.29 is 15.0 Å². The number of aliphatic hydroxyl groups is 2. The molecular formula is C50H79NO3. The Morgan fingerprint density at radius 2 is 0.833 bits per heavy atom. The highest BCUT2D eigenvalue weighted by molar-refractivity contribution is 5.76. The third kappa shape index (κ3) is 39.7. The number of nitrogens with one attached hydrogen (secondary N) is 1. The van der Waals surface area contributed by atoms with E-state index in [0.717, 1.165) is 103 Å². The fourth-order valence-corrected chi connectivity index (χ4v) is 5.36. The van der Waals surface area contributed by atoms with Crippen LogP contribution in [0.2, 0.25) is 0 Å². The summed E-state index contributed by atoms with van der Waals surface area (Å²) in [5, 5.41) is 22.8. The van der Waals surface area contributed by atoms with Gasteiger partial charge in [0.05, 0.1) is 18.8 Å². The number of unbranched alkanes of at least 4 members (excludes halogenated alkanes) is 9. The van der Waals surface area contributed by atoms with E-state index in [4.69, 9.17) is 0 Å². The van der Waals surface area contributed by atoms with Crippen LogP contribution < -0.4 is 5.32 Å². The van der Waals surface area contributed by atoms with E-state index in [1.807, 2.05) is 6.08 Å². The number of aliphatic hydroxyl groups excluding tert-OH is 2. The van der Waals surface area contributed by atoms with Crippen molar-refractivity contribution in [1.29, 1.82) is 0 Å². The smallest absolute Gasteiger partial charge is 0.220 e. The highest BCUT2D eigenvalue weighted by Crippen LogP contribution is 2.08. The first-order valence-corrected chi connectivity index (χ1v) is 21.4. The molecule has 0 spiro atoms. The topological polar surface area (TPSA) is 69.6 Å². The monoisotopic (exact) mass is 742 g/mol. The molecule has 4 nitrogen and oxygen atoms in total. The van der Waals surface area contributed by atoms with Gasteiger partial charge in [0.2, 0.25) is 5.91 Å². The van der Waals surface area contributed by atoms with Gasteiger partial charge in [-0.2, -0.15) is 0 Å². The van der Waals surface area contributed by atoms with Gasteiger partial charge < -0.3 is 15.5 Å². The van der Waals surface area contributed by atoms with E-state index < -0.39 is 12.1 Å². The second-order valence-electron chi connectivity index (χ2n) is 13.7. The molecule has 0 aliphatic carbocycles. The molecule has 4 heteroatoms. The molecule has 302 valence electrons. The van der Waals surface area contributed by atoms with Gasteiger partial charge in [-0.3, -0.25) is 4.79 Å². The van der Waals surface area contributed by atoms with Gasteiger partial charge in [0, 0.05) is 6.42 Å². The lowest BCUT2D eigenvalue weighted by molar-refractivity contribution is -0.123. The van der Waals surface area contributed by atoms with Crippen LogP contribution in [0.25, 0.3) is 0 Å². The number of rotatable bonds is 36. The van der Waals surface area contributed by atoms with Crippen LogP contribution in [0.3, 0.4) is 0 Å². The summed E-state index contributed by atoms with van der Waals surface area (Å²) in [6, 6.07) is -0.665. The minimum atomic E-state index is -0.884. The summed E-state index contributed by atoms with van der Waals surface area (Å²) in [5.41, 5.74) is 0. The first kappa shape index (κ1) is 50.5. The van der Waals surface area contributed by atoms with Crippen molar-refractivity contribution in [3.63, 3.8) is 0 Å². The van der Waals surface area contributed by atoms with Crippen molar-refractivity contribution in [2.24, 2.45) is 0 Å². The lowest BCUT2D eigenvalue weighted by atomic mass is 10.1. The first-order chi connectivity index (χ1) is 26.7. The quantitative estimate of drug-likeness (QED) is 0.0442. The number of carbonyl (C=O) groups is 1. The molecule has 0 bridgehead atoms. The molecule has 1 amide bonds. The Bertz CT molecular complexity index is 1160. The molecule has 0 saturated heterocycles. The van der Waals surface area contributed by atoms with Crippen LogP contribution in [0, 0.1) is 0 Å². The third-order valence-electron chi connectivity index (χ3n) is 8.62. The lowest BCUT2D eigenvalue weighted by Crippen LogP contribution is -2.45. The Labute approximate surface area is 332 Å². The summed E-state index contributed by atoms with van der Waals surface area (Å²) in [6.45, 7) is 4.11. The van der Waals surface area contributed by atoms with Gasteiger partial charge in [-0.1, -0.05) is 180 Å². The van der Waals surface area contributed by atoms with Crippen LogP contribution in [0.5, 0.6) is 0 Å². The van der Waals surface area contributed by atoms with E-state index in [1.54, 1.807) is 6.08 Å². The van der Waals surface area contributed by atoms with Crippen LogP contribution in [-0.2, 0) is 4.79 Å². The normalized spacial score (nSPS) is 14.4. The molecule has 0 saturated carbocycles. The highest BCUT2D eigenvalue weighted by atomic mass is 16.3. The zero-order valence-corrected chi connectivity index (χ0v) is 34.4. The summed E-state index contributed by atoms with van der Waals surface area (Å²) in [4.78, 5) is 12.3. The lowest BCUT2D eigenvalue weighted by Gasteiger charge is -2.19. The first-order valence-electron chi connectivity index (χ1n) is 21.4. The number of hydrogen-bond donors (Lipinski definition) is 3. The molecule has 0 rings (SSSR count). The summed E-state index contributed by atoms with van der Waals surface area (Å²) >= 11 is 0. The second-order valence-corrected chi connectivity index (χ2v) is 13.7. The molecule has 2 atom stereocenters. The second kappa shape index (κ2) is 43.9. The van der Waals surface area contributed by atoms with E-state index in [1.165, 1.54) is 32.1 Å². The van der Waals surface area contributed by atoms with Crippen molar-refractivity contribution in [3.8, 4) is 0 Å². The molecule has 0 heterocycles. The zero-order chi connectivity index (χ0) is 39.3. The van der Waals surface area contributed by atoms with Gasteiger partial charge in [-0.05, 0) is 103 Å². The molecule has 0 radical (unpaired) electrons. The summed E-state index contributed by atoms with van der Waals surface area (Å²) in [7, 11) is 0. The van der Waals surface area contributed by atoms with Gasteiger partial charge >= 0.3 is 0 Å². The minimum absolute atomic E-state index is 0.115. The SMILES string of the molecule is CC/C=C\C/C=C\C/C=C\C/C=C\C/C=C\C/C=C\C/C=C\C/C=C\C/C=C\CCCCCC(=O)NC(CO)C(O)/C=C/CC/C=C/CCCCCCC. The van der Waals surface area contributed by atoms with Crippen molar-refractivity contribution in [1.82, 2.24) is 5.32 Å². The predicted octanol–water partition coefficient (Wildman–Crippen LogP) is 13.6. The fraction of sp³-hybridized carbons (Fsp3) is 0.540. The molecule has 3 N–H and O–H groups in total. The Kier molecular flexibility index (Phi) is 41.1. The third-order valence-corrected chi connectivity index (χ3v) is 8.62. The Balaban J connectivity index is 3.78. The summed E-state index contributed by atoms with van der Waals surface area (Å²) in [6.07, 6.45) is 69.8. The van der Waals surface area contributed by atoms with Crippen LogP contribution in [0.4, 0.5) is 0 Å². The van der Waals surface area contributed by atoms with Gasteiger partial charge in [-0.25, -0.2) is 0 Å². The number of amides is 1. The Morgan fingerprint density at radius 1 is 0.463 bits per heavy atom. The molecule has 0 aromatic rings.